The number of nitrogens with zero attached hydrogens (tertiary/aromatic N) is 1. The lowest BCUT2D eigenvalue weighted by molar-refractivity contribution is -0.107. The Morgan fingerprint density at radius 2 is 1.89 bits per heavy atom. The van der Waals surface area contributed by atoms with Crippen LogP contribution in [-0.4, -0.2) is 19.2 Å². The van der Waals surface area contributed by atoms with E-state index in [4.69, 9.17) is 0 Å². The molecule has 1 aromatic carbocycles. The van der Waals surface area contributed by atoms with Crippen molar-refractivity contribution in [2.75, 3.05) is 11.9 Å². The number of amides is 1. The number of hydrogen-bond donors (Lipinski definition) is 0. The highest BCUT2D eigenvalue weighted by atomic mass is 32.1. The van der Waals surface area contributed by atoms with E-state index in [9.17, 15) is 9.59 Å². The number of hydrogen-bond acceptors (Lipinski definition) is 3. The Bertz CT molecular complexity index is 572. The summed E-state index contributed by atoms with van der Waals surface area (Å²) in [6, 6.07) is 7.02. The van der Waals surface area contributed by atoms with Gasteiger partial charge in [0.15, 0.2) is 5.78 Å². The maximum atomic E-state index is 12.2. The van der Waals surface area contributed by atoms with E-state index in [1.165, 1.54) is 16.2 Å². The molecule has 18 heavy (non-hydrogen) atoms. The van der Waals surface area contributed by atoms with Crippen molar-refractivity contribution in [3.63, 3.8) is 0 Å². The van der Waals surface area contributed by atoms with Crippen molar-refractivity contribution < 1.29 is 9.59 Å². The summed E-state index contributed by atoms with van der Waals surface area (Å²) >= 11 is 1.53. The second-order valence-corrected chi connectivity index (χ2v) is 4.80. The predicted octanol–water partition coefficient (Wildman–Crippen LogP) is 2.88. The summed E-state index contributed by atoms with van der Waals surface area (Å²) < 4.78 is 0. The van der Waals surface area contributed by atoms with Gasteiger partial charge in [-0.1, -0.05) is 0 Å². The Morgan fingerprint density at radius 3 is 2.39 bits per heavy atom. The van der Waals surface area contributed by atoms with Crippen LogP contribution >= 0.6 is 11.3 Å². The van der Waals surface area contributed by atoms with Crippen LogP contribution in [0.4, 0.5) is 5.69 Å². The fraction of sp³-hybridized carbons (Fsp3) is 0.143. The van der Waals surface area contributed by atoms with Gasteiger partial charge < -0.3 is 4.90 Å². The Balaban J connectivity index is 2.28. The monoisotopic (exact) mass is 259 g/mol. The van der Waals surface area contributed by atoms with Crippen LogP contribution in [0.2, 0.25) is 0 Å². The minimum atomic E-state index is 0.0223. The summed E-state index contributed by atoms with van der Waals surface area (Å²) in [5, 5.41) is 3.82. The van der Waals surface area contributed by atoms with E-state index in [1.54, 1.807) is 31.3 Å². The third-order valence-corrected chi connectivity index (χ3v) is 3.66. The molecule has 0 saturated heterocycles. The number of anilines is 1. The van der Waals surface area contributed by atoms with Gasteiger partial charge in [-0.15, -0.1) is 0 Å². The zero-order valence-corrected chi connectivity index (χ0v) is 11.0. The van der Waals surface area contributed by atoms with Gasteiger partial charge in [0.2, 0.25) is 6.41 Å². The highest BCUT2D eigenvalue weighted by molar-refractivity contribution is 7.08. The van der Waals surface area contributed by atoms with Gasteiger partial charge in [0.1, 0.15) is 0 Å². The average Bonchev–Trinajstić information content (AvgIpc) is 2.83. The summed E-state index contributed by atoms with van der Waals surface area (Å²) in [5.41, 5.74) is 3.15. The Labute approximate surface area is 110 Å². The first-order valence-electron chi connectivity index (χ1n) is 5.49. The molecule has 2 rings (SSSR count). The SMILES string of the molecule is Cc1cscc1C(=O)c1ccc(N(C)C=O)cc1. The Kier molecular flexibility index (Phi) is 3.58. The van der Waals surface area contributed by atoms with Crippen LogP contribution < -0.4 is 4.90 Å². The Morgan fingerprint density at radius 1 is 1.22 bits per heavy atom. The van der Waals surface area contributed by atoms with Gasteiger partial charge in [-0.2, -0.15) is 11.3 Å². The lowest BCUT2D eigenvalue weighted by Crippen LogP contribution is -2.13. The molecule has 1 aromatic heterocycles. The maximum Gasteiger partial charge on any atom is 0.213 e. The molecule has 92 valence electrons. The molecule has 0 N–H and O–H groups in total. The third-order valence-electron chi connectivity index (χ3n) is 2.80. The fourth-order valence-corrected chi connectivity index (χ4v) is 2.49. The zero-order chi connectivity index (χ0) is 13.1. The molecule has 0 atom stereocenters. The van der Waals surface area contributed by atoms with Gasteiger partial charge in [0.05, 0.1) is 0 Å². The van der Waals surface area contributed by atoms with Crippen molar-refractivity contribution in [3.8, 4) is 0 Å². The van der Waals surface area contributed by atoms with Gasteiger partial charge in [-0.05, 0) is 42.1 Å². The molecule has 0 unspecified atom stereocenters. The first-order chi connectivity index (χ1) is 8.63. The van der Waals surface area contributed by atoms with E-state index in [0.717, 1.165) is 23.2 Å². The fourth-order valence-electron chi connectivity index (χ4n) is 1.66. The van der Waals surface area contributed by atoms with Crippen molar-refractivity contribution in [2.24, 2.45) is 0 Å². The maximum absolute atomic E-state index is 12.2. The summed E-state index contributed by atoms with van der Waals surface area (Å²) in [6.07, 6.45) is 0.736. The molecule has 0 saturated carbocycles. The molecule has 0 aliphatic heterocycles. The van der Waals surface area contributed by atoms with Crippen LogP contribution in [0.25, 0.3) is 0 Å². The molecule has 0 aliphatic carbocycles. The number of thiophene rings is 1. The van der Waals surface area contributed by atoms with Crippen LogP contribution in [0.1, 0.15) is 21.5 Å². The summed E-state index contributed by atoms with van der Waals surface area (Å²) in [6.45, 7) is 1.93. The van der Waals surface area contributed by atoms with Crippen molar-refractivity contribution in [1.82, 2.24) is 0 Å². The molecule has 1 amide bonds. The molecule has 0 aliphatic rings. The van der Waals surface area contributed by atoms with E-state index in [-0.39, 0.29) is 5.78 Å². The van der Waals surface area contributed by atoms with E-state index >= 15 is 0 Å². The third kappa shape index (κ3) is 2.33. The molecule has 0 spiro atoms. The number of benzene rings is 1. The molecule has 0 bridgehead atoms. The second-order valence-electron chi connectivity index (χ2n) is 4.06. The van der Waals surface area contributed by atoms with Gasteiger partial charge >= 0.3 is 0 Å². The summed E-state index contributed by atoms with van der Waals surface area (Å²) in [5.74, 6) is 0.0223. The number of ketones is 1. The quantitative estimate of drug-likeness (QED) is 0.625. The topological polar surface area (TPSA) is 37.4 Å². The molecule has 2 aromatic rings. The molecule has 0 fully saturated rings. The highest BCUT2D eigenvalue weighted by Gasteiger charge is 2.12. The number of carbonyl (C=O) groups is 2. The van der Waals surface area contributed by atoms with E-state index in [2.05, 4.69) is 0 Å². The van der Waals surface area contributed by atoms with Crippen molar-refractivity contribution >= 4 is 29.2 Å². The minimum absolute atomic E-state index is 0.0223. The van der Waals surface area contributed by atoms with Gasteiger partial charge in [-0.3, -0.25) is 9.59 Å². The number of aryl methyl sites for hydroxylation is 1. The number of rotatable bonds is 4. The first kappa shape index (κ1) is 12.5. The predicted molar refractivity (Wildman–Crippen MR) is 73.4 cm³/mol. The van der Waals surface area contributed by atoms with Crippen molar-refractivity contribution in [3.05, 3.63) is 51.7 Å². The molecule has 4 heteroatoms. The lowest BCUT2D eigenvalue weighted by atomic mass is 10.0. The normalized spacial score (nSPS) is 10.1. The second kappa shape index (κ2) is 5.14. The standard InChI is InChI=1S/C14H13NO2S/c1-10-7-18-8-13(10)14(17)11-3-5-12(6-4-11)15(2)9-16/h3-9H,1-2H3. The summed E-state index contributed by atoms with van der Waals surface area (Å²) in [7, 11) is 1.67. The van der Waals surface area contributed by atoms with Crippen LogP contribution in [0.3, 0.4) is 0 Å². The zero-order valence-electron chi connectivity index (χ0n) is 10.2. The van der Waals surface area contributed by atoms with Crippen molar-refractivity contribution in [1.29, 1.82) is 0 Å². The highest BCUT2D eigenvalue weighted by Crippen LogP contribution is 2.20. The van der Waals surface area contributed by atoms with Crippen LogP contribution in [0.15, 0.2) is 35.0 Å². The molecular formula is C14H13NO2S. The van der Waals surface area contributed by atoms with E-state index in [0.29, 0.717) is 5.56 Å². The van der Waals surface area contributed by atoms with E-state index < -0.39 is 0 Å². The molecular weight excluding hydrogens is 246 g/mol. The number of carbonyl (C=O) groups excluding carboxylic acids is 2. The lowest BCUT2D eigenvalue weighted by Gasteiger charge is -2.10. The average molecular weight is 259 g/mol. The van der Waals surface area contributed by atoms with Crippen molar-refractivity contribution in [2.45, 2.75) is 6.92 Å². The van der Waals surface area contributed by atoms with E-state index in [1.807, 2.05) is 17.7 Å². The van der Waals surface area contributed by atoms with Crippen LogP contribution in [0.5, 0.6) is 0 Å². The van der Waals surface area contributed by atoms with Gasteiger partial charge in [-0.25, -0.2) is 0 Å². The smallest absolute Gasteiger partial charge is 0.213 e. The van der Waals surface area contributed by atoms with Gasteiger partial charge in [0, 0.05) is 29.2 Å². The molecule has 1 heterocycles. The molecule has 0 radical (unpaired) electrons. The largest absolute Gasteiger partial charge is 0.318 e. The van der Waals surface area contributed by atoms with Crippen LogP contribution in [-0.2, 0) is 4.79 Å². The van der Waals surface area contributed by atoms with Gasteiger partial charge in [0.25, 0.3) is 0 Å². The first-order valence-corrected chi connectivity index (χ1v) is 6.43. The van der Waals surface area contributed by atoms with Crippen LogP contribution in [0, 0.1) is 6.92 Å². The summed E-state index contributed by atoms with van der Waals surface area (Å²) in [4.78, 5) is 24.3. The minimum Gasteiger partial charge on any atom is -0.318 e. The Hall–Kier alpha value is -1.94. The molecule has 3 nitrogen and oxygen atoms in total.